The third-order valence-corrected chi connectivity index (χ3v) is 0.300. The molecule has 0 aliphatic heterocycles. The van der Waals surface area contributed by atoms with Gasteiger partial charge in [-0.2, -0.15) is 0 Å². The van der Waals surface area contributed by atoms with Gasteiger partial charge in [-0.3, -0.25) is 4.79 Å². The molecular weight excluding hydrogens is 121 g/mol. The molecule has 5 heteroatoms. The fraction of sp³-hybridized carbons (Fsp3) is 0. The van der Waals surface area contributed by atoms with Crippen LogP contribution in [0.1, 0.15) is 0 Å². The smallest absolute Gasteiger partial charge is 0.412 e. The van der Waals surface area contributed by atoms with Crippen LogP contribution in [0, 0.1) is 0 Å². The molecule has 0 fully saturated rings. The van der Waals surface area contributed by atoms with E-state index in [9.17, 15) is 9.59 Å². The van der Waals surface area contributed by atoms with Gasteiger partial charge in [-0.25, -0.2) is 10.1 Å². The number of hydrogen-bond donors (Lipinski definition) is 2. The standard InChI is InChI=1S/C2H2ClNO3/c3-1(5)4-2(6)7/h(H,4,5)(H,6,7). The van der Waals surface area contributed by atoms with Crippen LogP contribution >= 0.6 is 11.6 Å². The van der Waals surface area contributed by atoms with Gasteiger partial charge in [0.25, 0.3) is 0 Å². The Labute approximate surface area is 44.1 Å². The Morgan fingerprint density at radius 3 is 2.00 bits per heavy atom. The first-order chi connectivity index (χ1) is 3.13. The highest BCUT2D eigenvalue weighted by Crippen LogP contribution is 1.73. The Kier molecular flexibility index (Phi) is 2.15. The van der Waals surface area contributed by atoms with Crippen molar-refractivity contribution in [2.45, 2.75) is 0 Å². The van der Waals surface area contributed by atoms with Crippen molar-refractivity contribution < 1.29 is 14.7 Å². The molecule has 0 aromatic rings. The summed E-state index contributed by atoms with van der Waals surface area (Å²) in [6, 6.07) is 0. The van der Waals surface area contributed by atoms with E-state index in [2.05, 4.69) is 11.6 Å². The molecule has 0 aliphatic carbocycles. The van der Waals surface area contributed by atoms with E-state index in [4.69, 9.17) is 5.11 Å². The summed E-state index contributed by atoms with van der Waals surface area (Å²) in [7, 11) is 0. The molecule has 0 radical (unpaired) electrons. The molecule has 0 rings (SSSR count). The van der Waals surface area contributed by atoms with Crippen molar-refractivity contribution in [3.8, 4) is 0 Å². The summed E-state index contributed by atoms with van der Waals surface area (Å²) in [5.41, 5.74) is 0. The normalized spacial score (nSPS) is 7.57. The first-order valence-electron chi connectivity index (χ1n) is 1.32. The number of rotatable bonds is 0. The zero-order chi connectivity index (χ0) is 5.86. The SMILES string of the molecule is O=C(O)NC(=O)Cl. The Balaban J connectivity index is 3.32. The maximum absolute atomic E-state index is 9.53. The summed E-state index contributed by atoms with van der Waals surface area (Å²) in [6.45, 7) is 0. The van der Waals surface area contributed by atoms with E-state index in [0.29, 0.717) is 0 Å². The fourth-order valence-corrected chi connectivity index (χ4v) is 0.165. The lowest BCUT2D eigenvalue weighted by Crippen LogP contribution is -2.22. The van der Waals surface area contributed by atoms with Gasteiger partial charge in [0.2, 0.25) is 0 Å². The lowest BCUT2D eigenvalue weighted by Gasteiger charge is -1.84. The quantitative estimate of drug-likeness (QED) is 0.366. The summed E-state index contributed by atoms with van der Waals surface area (Å²) in [5, 5.41) is 7.93. The maximum atomic E-state index is 9.53. The van der Waals surface area contributed by atoms with Crippen LogP contribution in [0.3, 0.4) is 0 Å². The molecule has 0 spiro atoms. The van der Waals surface area contributed by atoms with Gasteiger partial charge in [-0.1, -0.05) is 0 Å². The summed E-state index contributed by atoms with van der Waals surface area (Å²) < 4.78 is 0. The number of halogens is 1. The van der Waals surface area contributed by atoms with Crippen LogP contribution in [-0.2, 0) is 0 Å². The van der Waals surface area contributed by atoms with Gasteiger partial charge >= 0.3 is 11.5 Å². The number of carbonyl (C=O) groups is 2. The molecule has 0 aliphatic rings. The van der Waals surface area contributed by atoms with Crippen LogP contribution in [0.25, 0.3) is 0 Å². The molecule has 7 heavy (non-hydrogen) atoms. The molecular formula is C2H2ClNO3. The highest BCUT2D eigenvalue weighted by Gasteiger charge is 1.96. The van der Waals surface area contributed by atoms with Crippen molar-refractivity contribution in [2.24, 2.45) is 0 Å². The Bertz CT molecular complexity index is 89.1. The average Bonchev–Trinajstić information content (AvgIpc) is 1.27. The third kappa shape index (κ3) is 5.23. The summed E-state index contributed by atoms with van der Waals surface area (Å²) in [6.07, 6.45) is -1.44. The van der Waals surface area contributed by atoms with E-state index < -0.39 is 11.5 Å². The average molecular weight is 123 g/mol. The second-order valence-electron chi connectivity index (χ2n) is 0.704. The van der Waals surface area contributed by atoms with Crippen LogP contribution in [0.5, 0.6) is 0 Å². The number of imide groups is 1. The molecule has 0 saturated carbocycles. The minimum atomic E-state index is -1.44. The second-order valence-corrected chi connectivity index (χ2v) is 1.05. The maximum Gasteiger partial charge on any atom is 0.412 e. The third-order valence-electron chi connectivity index (χ3n) is 0.205. The van der Waals surface area contributed by atoms with Crippen molar-refractivity contribution in [1.82, 2.24) is 5.32 Å². The van der Waals surface area contributed by atoms with E-state index in [0.717, 1.165) is 0 Å². The van der Waals surface area contributed by atoms with Crippen LogP contribution in [-0.4, -0.2) is 16.6 Å². The molecule has 0 atom stereocenters. The molecule has 0 aromatic carbocycles. The van der Waals surface area contributed by atoms with Gasteiger partial charge in [-0.15, -0.1) is 0 Å². The van der Waals surface area contributed by atoms with Gasteiger partial charge < -0.3 is 5.11 Å². The van der Waals surface area contributed by atoms with Gasteiger partial charge in [0.1, 0.15) is 0 Å². The van der Waals surface area contributed by atoms with Gasteiger partial charge in [-0.05, 0) is 11.6 Å². The Hall–Kier alpha value is -0.770. The second kappa shape index (κ2) is 2.41. The van der Waals surface area contributed by atoms with Crippen LogP contribution in [0.4, 0.5) is 9.59 Å². The van der Waals surface area contributed by atoms with Gasteiger partial charge in [0.15, 0.2) is 0 Å². The van der Waals surface area contributed by atoms with Crippen molar-refractivity contribution in [3.05, 3.63) is 0 Å². The minimum absolute atomic E-state index is 1.09. The Morgan fingerprint density at radius 2 is 2.00 bits per heavy atom. The van der Waals surface area contributed by atoms with E-state index in [1.807, 2.05) is 0 Å². The van der Waals surface area contributed by atoms with E-state index in [1.165, 1.54) is 5.32 Å². The number of amides is 2. The summed E-state index contributed by atoms with van der Waals surface area (Å²) in [5.74, 6) is 0. The molecule has 2 N–H and O–H groups in total. The topological polar surface area (TPSA) is 66.4 Å². The molecule has 0 unspecified atom stereocenters. The molecule has 40 valence electrons. The highest BCUT2D eigenvalue weighted by molar-refractivity contribution is 6.64. The lowest BCUT2D eigenvalue weighted by molar-refractivity contribution is 0.195. The molecule has 0 saturated heterocycles. The fourth-order valence-electron chi connectivity index (χ4n) is 0.0841. The number of carbonyl (C=O) groups excluding carboxylic acids is 1. The Morgan fingerprint density at radius 1 is 1.57 bits per heavy atom. The molecule has 0 heterocycles. The van der Waals surface area contributed by atoms with Gasteiger partial charge in [0.05, 0.1) is 0 Å². The zero-order valence-electron chi connectivity index (χ0n) is 3.14. The number of carboxylic acid groups (broad SMARTS) is 1. The minimum Gasteiger partial charge on any atom is -0.465 e. The predicted octanol–water partition coefficient (Wildman–Crippen LogP) is 0.613. The van der Waals surface area contributed by atoms with Crippen LogP contribution in [0.2, 0.25) is 0 Å². The first kappa shape index (κ1) is 6.23. The van der Waals surface area contributed by atoms with Crippen molar-refractivity contribution in [1.29, 1.82) is 0 Å². The molecule has 0 bridgehead atoms. The number of nitrogens with one attached hydrogen (secondary N) is 1. The van der Waals surface area contributed by atoms with E-state index >= 15 is 0 Å². The summed E-state index contributed by atoms with van der Waals surface area (Å²) >= 11 is 4.54. The largest absolute Gasteiger partial charge is 0.465 e. The lowest BCUT2D eigenvalue weighted by atomic mass is 11.1. The molecule has 4 nitrogen and oxygen atoms in total. The zero-order valence-corrected chi connectivity index (χ0v) is 3.90. The monoisotopic (exact) mass is 123 g/mol. The van der Waals surface area contributed by atoms with Crippen molar-refractivity contribution in [3.63, 3.8) is 0 Å². The van der Waals surface area contributed by atoms with Crippen LogP contribution in [0.15, 0.2) is 0 Å². The molecule has 0 aromatic heterocycles. The highest BCUT2D eigenvalue weighted by atomic mass is 35.5. The predicted molar refractivity (Wildman–Crippen MR) is 22.4 cm³/mol. The first-order valence-corrected chi connectivity index (χ1v) is 1.70. The van der Waals surface area contributed by atoms with E-state index in [1.54, 1.807) is 0 Å². The number of hydrogen-bond acceptors (Lipinski definition) is 2. The summed E-state index contributed by atoms with van der Waals surface area (Å²) in [4.78, 5) is 18.9. The van der Waals surface area contributed by atoms with Gasteiger partial charge in [0, 0.05) is 0 Å². The van der Waals surface area contributed by atoms with Crippen LogP contribution < -0.4 is 5.32 Å². The van der Waals surface area contributed by atoms with E-state index in [-0.39, 0.29) is 0 Å². The molecule has 2 amide bonds. The van der Waals surface area contributed by atoms with Crippen molar-refractivity contribution in [2.75, 3.05) is 0 Å². The van der Waals surface area contributed by atoms with Crippen molar-refractivity contribution >= 4 is 23.1 Å².